The maximum absolute atomic E-state index is 12.0. The maximum atomic E-state index is 12.0. The van der Waals surface area contributed by atoms with Crippen LogP contribution in [0.4, 0.5) is 10.5 Å². The van der Waals surface area contributed by atoms with E-state index in [0.717, 1.165) is 17.4 Å². The lowest BCUT2D eigenvalue weighted by atomic mass is 10.1. The summed E-state index contributed by atoms with van der Waals surface area (Å²) >= 11 is 0. The Balaban J connectivity index is 1.57. The van der Waals surface area contributed by atoms with Crippen LogP contribution in [0, 0.1) is 0 Å². The van der Waals surface area contributed by atoms with E-state index >= 15 is 0 Å². The SMILES string of the molecule is CCCNC(=O)Nc1ccc(Oc2ccnc3cc(OCc4ccncc4)c(OC)cc23)cc1OC. The molecular formula is C27H28N4O5. The van der Waals surface area contributed by atoms with E-state index in [4.69, 9.17) is 18.9 Å². The number of aromatic nitrogens is 2. The van der Waals surface area contributed by atoms with Gasteiger partial charge in [-0.3, -0.25) is 9.97 Å². The Morgan fingerprint density at radius 1 is 0.889 bits per heavy atom. The van der Waals surface area contributed by atoms with Crippen LogP contribution in [0.2, 0.25) is 0 Å². The Morgan fingerprint density at radius 3 is 2.44 bits per heavy atom. The molecule has 2 aromatic heterocycles. The Bertz CT molecular complexity index is 1330. The summed E-state index contributed by atoms with van der Waals surface area (Å²) in [6.45, 7) is 2.95. The third-order valence-corrected chi connectivity index (χ3v) is 5.32. The lowest BCUT2D eigenvalue weighted by Gasteiger charge is -2.15. The number of urea groups is 1. The second-order valence-electron chi connectivity index (χ2n) is 7.82. The number of ether oxygens (including phenoxy) is 4. The van der Waals surface area contributed by atoms with Gasteiger partial charge in [0.05, 0.1) is 25.4 Å². The number of fused-ring (bicyclic) bond motifs is 1. The number of methoxy groups -OCH3 is 2. The molecular weight excluding hydrogens is 460 g/mol. The summed E-state index contributed by atoms with van der Waals surface area (Å²) < 4.78 is 23.2. The van der Waals surface area contributed by atoms with Gasteiger partial charge in [0, 0.05) is 42.7 Å². The second kappa shape index (κ2) is 11.7. The second-order valence-corrected chi connectivity index (χ2v) is 7.82. The quantitative estimate of drug-likeness (QED) is 0.302. The van der Waals surface area contributed by atoms with Crippen molar-refractivity contribution in [2.24, 2.45) is 0 Å². The first-order valence-corrected chi connectivity index (χ1v) is 11.5. The zero-order valence-corrected chi connectivity index (χ0v) is 20.4. The van der Waals surface area contributed by atoms with Crippen molar-refractivity contribution in [3.63, 3.8) is 0 Å². The molecule has 0 saturated carbocycles. The van der Waals surface area contributed by atoms with Crippen molar-refractivity contribution in [1.29, 1.82) is 0 Å². The number of hydrogen-bond acceptors (Lipinski definition) is 7. The van der Waals surface area contributed by atoms with Crippen molar-refractivity contribution < 1.29 is 23.7 Å². The molecule has 2 N–H and O–H groups in total. The zero-order valence-electron chi connectivity index (χ0n) is 20.4. The molecule has 0 radical (unpaired) electrons. The number of pyridine rings is 2. The van der Waals surface area contributed by atoms with Gasteiger partial charge >= 0.3 is 6.03 Å². The number of carbonyl (C=O) groups excluding carboxylic acids is 1. The molecule has 0 atom stereocenters. The van der Waals surface area contributed by atoms with Crippen LogP contribution in [0.3, 0.4) is 0 Å². The highest BCUT2D eigenvalue weighted by Gasteiger charge is 2.14. The molecule has 2 aromatic carbocycles. The molecule has 0 spiro atoms. The Labute approximate surface area is 209 Å². The van der Waals surface area contributed by atoms with Crippen molar-refractivity contribution in [3.8, 4) is 28.7 Å². The van der Waals surface area contributed by atoms with Gasteiger partial charge in [0.2, 0.25) is 0 Å². The highest BCUT2D eigenvalue weighted by atomic mass is 16.5. The minimum Gasteiger partial charge on any atom is -0.494 e. The summed E-state index contributed by atoms with van der Waals surface area (Å²) in [7, 11) is 3.12. The van der Waals surface area contributed by atoms with Crippen LogP contribution in [-0.2, 0) is 6.61 Å². The topological polar surface area (TPSA) is 104 Å². The first-order valence-electron chi connectivity index (χ1n) is 11.5. The molecule has 0 unspecified atom stereocenters. The number of rotatable bonds is 10. The van der Waals surface area contributed by atoms with E-state index < -0.39 is 0 Å². The van der Waals surface area contributed by atoms with E-state index in [1.807, 2.05) is 31.2 Å². The van der Waals surface area contributed by atoms with Crippen LogP contribution >= 0.6 is 0 Å². The number of carbonyl (C=O) groups is 1. The maximum Gasteiger partial charge on any atom is 0.319 e. The molecule has 0 bridgehead atoms. The van der Waals surface area contributed by atoms with Gasteiger partial charge in [-0.25, -0.2) is 4.79 Å². The summed E-state index contributed by atoms with van der Waals surface area (Å²) in [4.78, 5) is 20.5. The number of amides is 2. The Kier molecular flexibility index (Phi) is 8.02. The zero-order chi connectivity index (χ0) is 25.3. The van der Waals surface area contributed by atoms with Crippen LogP contribution in [0.5, 0.6) is 28.7 Å². The van der Waals surface area contributed by atoms with Gasteiger partial charge in [-0.1, -0.05) is 6.92 Å². The van der Waals surface area contributed by atoms with Crippen molar-refractivity contribution in [2.75, 3.05) is 26.1 Å². The van der Waals surface area contributed by atoms with E-state index in [1.165, 1.54) is 7.11 Å². The average Bonchev–Trinajstić information content (AvgIpc) is 2.91. The molecule has 0 saturated heterocycles. The van der Waals surface area contributed by atoms with Crippen molar-refractivity contribution in [3.05, 3.63) is 72.7 Å². The van der Waals surface area contributed by atoms with E-state index in [0.29, 0.717) is 53.1 Å². The molecule has 4 rings (SSSR count). The summed E-state index contributed by atoms with van der Waals surface area (Å²) in [6, 6.07) is 14.1. The monoisotopic (exact) mass is 488 g/mol. The van der Waals surface area contributed by atoms with E-state index in [1.54, 1.807) is 50.0 Å². The van der Waals surface area contributed by atoms with Crippen LogP contribution < -0.4 is 29.6 Å². The molecule has 2 heterocycles. The van der Waals surface area contributed by atoms with Gasteiger partial charge in [-0.05, 0) is 48.4 Å². The van der Waals surface area contributed by atoms with Crippen LogP contribution in [0.15, 0.2) is 67.1 Å². The number of nitrogens with zero attached hydrogens (tertiary/aromatic N) is 2. The van der Waals surface area contributed by atoms with E-state index in [-0.39, 0.29) is 6.03 Å². The summed E-state index contributed by atoms with van der Waals surface area (Å²) in [5.41, 5.74) is 2.22. The molecule has 36 heavy (non-hydrogen) atoms. The van der Waals surface area contributed by atoms with Gasteiger partial charge in [-0.15, -0.1) is 0 Å². The van der Waals surface area contributed by atoms with Crippen molar-refractivity contribution >= 4 is 22.6 Å². The highest BCUT2D eigenvalue weighted by molar-refractivity contribution is 5.91. The van der Waals surface area contributed by atoms with Crippen molar-refractivity contribution in [1.82, 2.24) is 15.3 Å². The largest absolute Gasteiger partial charge is 0.494 e. The number of benzene rings is 2. The first kappa shape index (κ1) is 24.6. The van der Waals surface area contributed by atoms with Crippen molar-refractivity contribution in [2.45, 2.75) is 20.0 Å². The molecule has 186 valence electrons. The molecule has 2 amide bonds. The minimum absolute atomic E-state index is 0.294. The minimum atomic E-state index is -0.294. The smallest absolute Gasteiger partial charge is 0.319 e. The fraction of sp³-hybridized carbons (Fsp3) is 0.222. The summed E-state index contributed by atoms with van der Waals surface area (Å²) in [5, 5.41) is 6.31. The molecule has 9 heteroatoms. The standard InChI is InChI=1S/C27H28N4O5/c1-4-10-30-27(32)31-21-6-5-19(14-24(21)33-2)36-23-9-13-29-22-16-26(25(34-3)15-20(22)23)35-17-18-7-11-28-12-8-18/h5-9,11-16H,4,10,17H2,1-3H3,(H2,30,31,32). The average molecular weight is 489 g/mol. The molecule has 0 aliphatic heterocycles. The predicted octanol–water partition coefficient (Wildman–Crippen LogP) is 5.55. The molecule has 9 nitrogen and oxygen atoms in total. The highest BCUT2D eigenvalue weighted by Crippen LogP contribution is 2.38. The van der Waals surface area contributed by atoms with Crippen LogP contribution in [-0.4, -0.2) is 36.8 Å². The fourth-order valence-corrected chi connectivity index (χ4v) is 3.50. The Morgan fingerprint density at radius 2 is 1.69 bits per heavy atom. The summed E-state index contributed by atoms with van der Waals surface area (Å²) in [6.07, 6.45) is 5.96. The molecule has 0 fully saturated rings. The van der Waals surface area contributed by atoms with Crippen LogP contribution in [0.25, 0.3) is 10.9 Å². The number of anilines is 1. The molecule has 0 aliphatic rings. The predicted molar refractivity (Wildman–Crippen MR) is 137 cm³/mol. The lowest BCUT2D eigenvalue weighted by Crippen LogP contribution is -2.29. The van der Waals surface area contributed by atoms with Gasteiger partial charge in [-0.2, -0.15) is 0 Å². The van der Waals surface area contributed by atoms with Gasteiger partial charge in [0.15, 0.2) is 11.5 Å². The van der Waals surface area contributed by atoms with E-state index in [2.05, 4.69) is 20.6 Å². The fourth-order valence-electron chi connectivity index (χ4n) is 3.50. The molecule has 4 aromatic rings. The van der Waals surface area contributed by atoms with Gasteiger partial charge in [0.1, 0.15) is 23.9 Å². The third kappa shape index (κ3) is 5.93. The Hall–Kier alpha value is -4.53. The molecule has 0 aliphatic carbocycles. The third-order valence-electron chi connectivity index (χ3n) is 5.32. The van der Waals surface area contributed by atoms with Gasteiger partial charge in [0.25, 0.3) is 0 Å². The number of nitrogens with one attached hydrogen (secondary N) is 2. The normalized spacial score (nSPS) is 10.5. The van der Waals surface area contributed by atoms with Gasteiger partial charge < -0.3 is 29.6 Å². The first-order chi connectivity index (χ1) is 17.6. The number of hydrogen-bond donors (Lipinski definition) is 2. The lowest BCUT2D eigenvalue weighted by molar-refractivity contribution is 0.252. The summed E-state index contributed by atoms with van der Waals surface area (Å²) in [5.74, 6) is 2.73. The van der Waals surface area contributed by atoms with Crippen LogP contribution in [0.1, 0.15) is 18.9 Å². The van der Waals surface area contributed by atoms with E-state index in [9.17, 15) is 4.79 Å².